The first kappa shape index (κ1) is 10.5. The molecule has 1 N–H and O–H groups in total. The second-order valence-electron chi connectivity index (χ2n) is 2.21. The molecule has 0 saturated heterocycles. The van der Waals surface area contributed by atoms with Gasteiger partial charge < -0.3 is 9.90 Å². The first-order valence-electron chi connectivity index (χ1n) is 3.48. The summed E-state index contributed by atoms with van der Waals surface area (Å²) >= 11 is 0. The van der Waals surface area contributed by atoms with E-state index in [0.29, 0.717) is 6.29 Å². The van der Waals surface area contributed by atoms with Crippen molar-refractivity contribution in [3.63, 3.8) is 0 Å². The van der Waals surface area contributed by atoms with Crippen molar-refractivity contribution in [1.29, 1.82) is 0 Å². The molecule has 0 aliphatic carbocycles. The molecule has 1 atom stereocenters. The minimum Gasteiger partial charge on any atom is -0.465 e. The number of aldehydes is 1. The van der Waals surface area contributed by atoms with Gasteiger partial charge in [0, 0.05) is 0 Å². The average molecular weight is 169 g/mol. The maximum Gasteiger partial charge on any atom is 0.408 e. The van der Waals surface area contributed by atoms with Crippen LogP contribution in [0.4, 0.5) is 4.79 Å². The lowest BCUT2D eigenvalue weighted by Crippen LogP contribution is -2.38. The van der Waals surface area contributed by atoms with E-state index in [1.165, 1.54) is 6.92 Å². The van der Waals surface area contributed by atoms with Gasteiger partial charge in [-0.15, -0.1) is 5.92 Å². The number of hydrogen-bond donors (Lipinski definition) is 1. The lowest BCUT2D eigenvalue weighted by atomic mass is 10.3. The first-order valence-corrected chi connectivity index (χ1v) is 3.48. The highest BCUT2D eigenvalue weighted by molar-refractivity contribution is 5.71. The summed E-state index contributed by atoms with van der Waals surface area (Å²) in [7, 11) is 0. The van der Waals surface area contributed by atoms with Gasteiger partial charge in [0.2, 0.25) is 0 Å². The van der Waals surface area contributed by atoms with Gasteiger partial charge in [0.05, 0.1) is 12.6 Å². The summed E-state index contributed by atoms with van der Waals surface area (Å²) in [6.45, 7) is 3.20. The van der Waals surface area contributed by atoms with Gasteiger partial charge in [-0.1, -0.05) is 5.92 Å². The Morgan fingerprint density at radius 3 is 2.67 bits per heavy atom. The van der Waals surface area contributed by atoms with E-state index in [2.05, 4.69) is 11.8 Å². The zero-order chi connectivity index (χ0) is 9.56. The van der Waals surface area contributed by atoms with E-state index in [0.717, 1.165) is 4.90 Å². The second kappa shape index (κ2) is 5.19. The van der Waals surface area contributed by atoms with Crippen molar-refractivity contribution >= 4 is 12.4 Å². The van der Waals surface area contributed by atoms with E-state index in [1.807, 2.05) is 0 Å². The van der Waals surface area contributed by atoms with E-state index >= 15 is 0 Å². The van der Waals surface area contributed by atoms with Crippen LogP contribution in [0, 0.1) is 11.8 Å². The molecule has 12 heavy (non-hydrogen) atoms. The third kappa shape index (κ3) is 3.06. The SMILES string of the molecule is CC#CCN(C(=O)O)C(C)C=O. The van der Waals surface area contributed by atoms with Crippen LogP contribution in [0.5, 0.6) is 0 Å². The summed E-state index contributed by atoms with van der Waals surface area (Å²) in [4.78, 5) is 21.7. The Labute approximate surface area is 71.2 Å². The Balaban J connectivity index is 4.28. The minimum absolute atomic E-state index is 0.0751. The van der Waals surface area contributed by atoms with Crippen LogP contribution in [0.3, 0.4) is 0 Å². The summed E-state index contributed by atoms with van der Waals surface area (Å²) < 4.78 is 0. The average Bonchev–Trinajstić information content (AvgIpc) is 2.04. The zero-order valence-electron chi connectivity index (χ0n) is 7.07. The molecule has 0 aromatic heterocycles. The fourth-order valence-electron chi connectivity index (χ4n) is 0.624. The topological polar surface area (TPSA) is 57.6 Å². The fourth-order valence-corrected chi connectivity index (χ4v) is 0.624. The molecule has 4 nitrogen and oxygen atoms in total. The summed E-state index contributed by atoms with van der Waals surface area (Å²) in [6.07, 6.45) is -0.553. The molecule has 0 fully saturated rings. The summed E-state index contributed by atoms with van der Waals surface area (Å²) in [6, 6.07) is -0.636. The monoisotopic (exact) mass is 169 g/mol. The molecule has 0 saturated carbocycles. The van der Waals surface area contributed by atoms with Crippen LogP contribution in [0.2, 0.25) is 0 Å². The molecule has 66 valence electrons. The van der Waals surface area contributed by atoms with Gasteiger partial charge in [0.25, 0.3) is 0 Å². The van der Waals surface area contributed by atoms with E-state index in [4.69, 9.17) is 5.11 Å². The molecule has 1 unspecified atom stereocenters. The van der Waals surface area contributed by atoms with Crippen LogP contribution in [0.15, 0.2) is 0 Å². The molecular formula is C8H11NO3. The van der Waals surface area contributed by atoms with E-state index in [1.54, 1.807) is 6.92 Å². The Morgan fingerprint density at radius 1 is 1.75 bits per heavy atom. The molecule has 1 amide bonds. The third-order valence-electron chi connectivity index (χ3n) is 1.36. The number of carbonyl (C=O) groups is 2. The molecule has 0 aliphatic rings. The van der Waals surface area contributed by atoms with Crippen LogP contribution in [0.1, 0.15) is 13.8 Å². The normalized spacial score (nSPS) is 10.8. The number of carbonyl (C=O) groups excluding carboxylic acids is 1. The Kier molecular flexibility index (Phi) is 4.54. The van der Waals surface area contributed by atoms with E-state index < -0.39 is 12.1 Å². The molecule has 0 heterocycles. The van der Waals surface area contributed by atoms with Crippen LogP contribution in [-0.2, 0) is 4.79 Å². The van der Waals surface area contributed by atoms with Gasteiger partial charge in [-0.05, 0) is 13.8 Å². The Bertz CT molecular complexity index is 226. The summed E-state index contributed by atoms with van der Waals surface area (Å²) in [5.74, 6) is 5.14. The van der Waals surface area contributed by atoms with Gasteiger partial charge in [0.15, 0.2) is 0 Å². The molecule has 0 rings (SSSR count). The second-order valence-corrected chi connectivity index (χ2v) is 2.21. The summed E-state index contributed by atoms with van der Waals surface area (Å²) in [5.41, 5.74) is 0. The van der Waals surface area contributed by atoms with Crippen LogP contribution in [0.25, 0.3) is 0 Å². The van der Waals surface area contributed by atoms with Gasteiger partial charge in [0.1, 0.15) is 6.29 Å². The fraction of sp³-hybridized carbons (Fsp3) is 0.500. The molecule has 0 aliphatic heterocycles. The highest BCUT2D eigenvalue weighted by Crippen LogP contribution is 1.95. The third-order valence-corrected chi connectivity index (χ3v) is 1.36. The molecule has 0 spiro atoms. The number of amides is 1. The number of nitrogens with zero attached hydrogens (tertiary/aromatic N) is 1. The minimum atomic E-state index is -1.13. The predicted octanol–water partition coefficient (Wildman–Crippen LogP) is 0.577. The molecule has 0 radical (unpaired) electrons. The Hall–Kier alpha value is -1.50. The van der Waals surface area contributed by atoms with Crippen molar-refractivity contribution in [3.8, 4) is 11.8 Å². The van der Waals surface area contributed by atoms with Crippen LogP contribution in [-0.4, -0.2) is 35.0 Å². The predicted molar refractivity (Wildman–Crippen MR) is 43.7 cm³/mol. The van der Waals surface area contributed by atoms with E-state index in [9.17, 15) is 9.59 Å². The quantitative estimate of drug-likeness (QED) is 0.496. The standard InChI is InChI=1S/C8H11NO3/c1-3-4-5-9(8(11)12)7(2)6-10/h6-7H,5H2,1-2H3,(H,11,12). The molecule has 0 bridgehead atoms. The van der Waals surface area contributed by atoms with Crippen LogP contribution < -0.4 is 0 Å². The smallest absolute Gasteiger partial charge is 0.408 e. The molecule has 4 heteroatoms. The van der Waals surface area contributed by atoms with Gasteiger partial charge in [-0.2, -0.15) is 0 Å². The van der Waals surface area contributed by atoms with Crippen molar-refractivity contribution in [2.24, 2.45) is 0 Å². The lowest BCUT2D eigenvalue weighted by Gasteiger charge is -2.18. The maximum absolute atomic E-state index is 10.5. The number of hydrogen-bond acceptors (Lipinski definition) is 2. The van der Waals surface area contributed by atoms with Crippen molar-refractivity contribution in [2.45, 2.75) is 19.9 Å². The highest BCUT2D eigenvalue weighted by atomic mass is 16.4. The van der Waals surface area contributed by atoms with E-state index in [-0.39, 0.29) is 6.54 Å². The zero-order valence-corrected chi connectivity index (χ0v) is 7.07. The highest BCUT2D eigenvalue weighted by Gasteiger charge is 2.16. The largest absolute Gasteiger partial charge is 0.465 e. The van der Waals surface area contributed by atoms with Gasteiger partial charge in [-0.25, -0.2) is 4.79 Å². The first-order chi connectivity index (χ1) is 5.63. The van der Waals surface area contributed by atoms with Gasteiger partial charge >= 0.3 is 6.09 Å². The molecule has 0 aromatic carbocycles. The van der Waals surface area contributed by atoms with Crippen LogP contribution >= 0.6 is 0 Å². The summed E-state index contributed by atoms with van der Waals surface area (Å²) in [5, 5.41) is 8.60. The number of rotatable bonds is 3. The number of carboxylic acid groups (broad SMARTS) is 1. The Morgan fingerprint density at radius 2 is 2.33 bits per heavy atom. The van der Waals surface area contributed by atoms with Crippen molar-refractivity contribution in [2.75, 3.05) is 6.54 Å². The van der Waals surface area contributed by atoms with Crippen molar-refractivity contribution in [3.05, 3.63) is 0 Å². The van der Waals surface area contributed by atoms with Crippen molar-refractivity contribution < 1.29 is 14.7 Å². The molecular weight excluding hydrogens is 158 g/mol. The maximum atomic E-state index is 10.5. The van der Waals surface area contributed by atoms with Gasteiger partial charge in [-0.3, -0.25) is 4.90 Å². The van der Waals surface area contributed by atoms with Crippen molar-refractivity contribution in [1.82, 2.24) is 4.90 Å². The lowest BCUT2D eigenvalue weighted by molar-refractivity contribution is -0.111. The molecule has 0 aromatic rings.